The number of aromatic nitrogens is 1. The van der Waals surface area contributed by atoms with Crippen molar-refractivity contribution in [2.24, 2.45) is 4.99 Å². The van der Waals surface area contributed by atoms with E-state index in [9.17, 15) is 0 Å². The van der Waals surface area contributed by atoms with E-state index in [1.54, 1.807) is 6.20 Å². The molecule has 0 spiro atoms. The van der Waals surface area contributed by atoms with Crippen LogP contribution in [0.3, 0.4) is 0 Å². The van der Waals surface area contributed by atoms with Gasteiger partial charge in [0.2, 0.25) is 0 Å². The summed E-state index contributed by atoms with van der Waals surface area (Å²) < 4.78 is 6.06. The number of amidine groups is 1. The monoisotopic (exact) mass is 267 g/mol. The zero-order chi connectivity index (χ0) is 13.8. The van der Waals surface area contributed by atoms with E-state index in [0.29, 0.717) is 0 Å². The summed E-state index contributed by atoms with van der Waals surface area (Å²) in [5.74, 6) is 1.77. The fraction of sp³-hybridized carbons (Fsp3) is 0.250. The molecule has 0 saturated heterocycles. The van der Waals surface area contributed by atoms with E-state index in [1.807, 2.05) is 49.5 Å². The molecule has 0 bridgehead atoms. The third kappa shape index (κ3) is 2.64. The first-order chi connectivity index (χ1) is 9.84. The van der Waals surface area contributed by atoms with Gasteiger partial charge in [0.25, 0.3) is 0 Å². The van der Waals surface area contributed by atoms with Crippen LogP contribution >= 0.6 is 0 Å². The first-order valence-corrected chi connectivity index (χ1v) is 6.79. The Kier molecular flexibility index (Phi) is 3.63. The molecule has 0 radical (unpaired) electrons. The van der Waals surface area contributed by atoms with Crippen molar-refractivity contribution in [2.45, 2.75) is 13.0 Å². The third-order valence-electron chi connectivity index (χ3n) is 3.25. The van der Waals surface area contributed by atoms with Gasteiger partial charge in [-0.25, -0.2) is 0 Å². The Bertz CT molecular complexity index is 610. The van der Waals surface area contributed by atoms with Crippen LogP contribution in [0.5, 0.6) is 5.75 Å². The van der Waals surface area contributed by atoms with Gasteiger partial charge in [0.1, 0.15) is 11.6 Å². The lowest BCUT2D eigenvalue weighted by molar-refractivity contribution is 0.285. The van der Waals surface area contributed by atoms with Crippen molar-refractivity contribution in [2.75, 3.05) is 13.1 Å². The molecule has 20 heavy (non-hydrogen) atoms. The van der Waals surface area contributed by atoms with Gasteiger partial charge < -0.3 is 10.1 Å². The quantitative estimate of drug-likeness (QED) is 0.926. The van der Waals surface area contributed by atoms with E-state index in [-0.39, 0.29) is 6.10 Å². The Morgan fingerprint density at radius 3 is 2.85 bits per heavy atom. The molecule has 3 rings (SSSR count). The second-order valence-corrected chi connectivity index (χ2v) is 4.69. The number of hydrogen-bond donors (Lipinski definition) is 1. The van der Waals surface area contributed by atoms with Gasteiger partial charge in [0, 0.05) is 30.1 Å². The molecule has 2 heterocycles. The minimum atomic E-state index is -0.0738. The van der Waals surface area contributed by atoms with Crippen molar-refractivity contribution in [3.63, 3.8) is 0 Å². The normalized spacial score (nSPS) is 15.3. The van der Waals surface area contributed by atoms with E-state index >= 15 is 0 Å². The highest BCUT2D eigenvalue weighted by Crippen LogP contribution is 2.29. The molecular weight excluding hydrogens is 250 g/mol. The van der Waals surface area contributed by atoms with Gasteiger partial charge in [-0.15, -0.1) is 0 Å². The van der Waals surface area contributed by atoms with Gasteiger partial charge in [0.15, 0.2) is 6.10 Å². The van der Waals surface area contributed by atoms with E-state index in [2.05, 4.69) is 15.3 Å². The first-order valence-electron chi connectivity index (χ1n) is 6.79. The maximum atomic E-state index is 6.06. The van der Waals surface area contributed by atoms with Crippen molar-refractivity contribution >= 4 is 5.84 Å². The highest BCUT2D eigenvalue weighted by molar-refractivity contribution is 5.88. The molecule has 102 valence electrons. The number of nitrogens with zero attached hydrogens (tertiary/aromatic N) is 2. The summed E-state index contributed by atoms with van der Waals surface area (Å²) in [4.78, 5) is 8.57. The number of ether oxygens (including phenoxy) is 1. The lowest BCUT2D eigenvalue weighted by Gasteiger charge is -2.17. The van der Waals surface area contributed by atoms with Crippen LogP contribution in [-0.4, -0.2) is 30.0 Å². The van der Waals surface area contributed by atoms with E-state index in [4.69, 9.17) is 4.74 Å². The van der Waals surface area contributed by atoms with Crippen LogP contribution in [-0.2, 0) is 0 Å². The Balaban J connectivity index is 1.87. The highest BCUT2D eigenvalue weighted by atomic mass is 16.5. The summed E-state index contributed by atoms with van der Waals surface area (Å²) in [6, 6.07) is 12.0. The van der Waals surface area contributed by atoms with Crippen LogP contribution in [0.25, 0.3) is 11.1 Å². The van der Waals surface area contributed by atoms with Crippen molar-refractivity contribution in [1.82, 2.24) is 10.3 Å². The van der Waals surface area contributed by atoms with Crippen molar-refractivity contribution in [3.05, 3.63) is 48.8 Å². The topological polar surface area (TPSA) is 46.5 Å². The molecule has 0 amide bonds. The lowest BCUT2D eigenvalue weighted by Crippen LogP contribution is -2.33. The maximum Gasteiger partial charge on any atom is 0.152 e. The summed E-state index contributed by atoms with van der Waals surface area (Å²) in [7, 11) is 0. The number of pyridine rings is 1. The Morgan fingerprint density at radius 1 is 1.20 bits per heavy atom. The zero-order valence-electron chi connectivity index (χ0n) is 11.4. The summed E-state index contributed by atoms with van der Waals surface area (Å²) in [5.41, 5.74) is 2.10. The molecule has 1 aromatic heterocycles. The van der Waals surface area contributed by atoms with Crippen LogP contribution in [0, 0.1) is 0 Å². The van der Waals surface area contributed by atoms with Gasteiger partial charge in [0.05, 0.1) is 6.54 Å². The zero-order valence-corrected chi connectivity index (χ0v) is 11.4. The number of rotatable bonds is 4. The minimum Gasteiger partial charge on any atom is -0.482 e. The van der Waals surface area contributed by atoms with Crippen molar-refractivity contribution in [1.29, 1.82) is 0 Å². The predicted octanol–water partition coefficient (Wildman–Crippen LogP) is 2.52. The number of aliphatic imine (C=N–C) groups is 1. The van der Waals surface area contributed by atoms with Crippen LogP contribution in [0.1, 0.15) is 6.92 Å². The van der Waals surface area contributed by atoms with Crippen LogP contribution < -0.4 is 10.1 Å². The Morgan fingerprint density at radius 2 is 2.10 bits per heavy atom. The fourth-order valence-corrected chi connectivity index (χ4v) is 2.26. The molecule has 1 N–H and O–H groups in total. The molecule has 2 aromatic rings. The predicted molar refractivity (Wildman–Crippen MR) is 80.1 cm³/mol. The third-order valence-corrected chi connectivity index (χ3v) is 3.25. The number of para-hydroxylation sites is 1. The van der Waals surface area contributed by atoms with Crippen LogP contribution in [0.4, 0.5) is 0 Å². The number of hydrogen-bond acceptors (Lipinski definition) is 4. The minimum absolute atomic E-state index is 0.0738. The molecular formula is C16H17N3O. The SMILES string of the molecule is CC(Oc1ccccc1-c1cccnc1)C1=NCCN1. The molecule has 4 nitrogen and oxygen atoms in total. The summed E-state index contributed by atoms with van der Waals surface area (Å²) >= 11 is 0. The van der Waals surface area contributed by atoms with E-state index in [1.165, 1.54) is 0 Å². The molecule has 1 aromatic carbocycles. The van der Waals surface area contributed by atoms with E-state index < -0.39 is 0 Å². The van der Waals surface area contributed by atoms with E-state index in [0.717, 1.165) is 35.8 Å². The van der Waals surface area contributed by atoms with Gasteiger partial charge in [-0.3, -0.25) is 9.98 Å². The smallest absolute Gasteiger partial charge is 0.152 e. The molecule has 1 aliphatic rings. The average molecular weight is 267 g/mol. The molecule has 4 heteroatoms. The van der Waals surface area contributed by atoms with Crippen LogP contribution in [0.15, 0.2) is 53.8 Å². The average Bonchev–Trinajstić information content (AvgIpc) is 3.03. The molecule has 0 aliphatic carbocycles. The van der Waals surface area contributed by atoms with Gasteiger partial charge in [-0.2, -0.15) is 0 Å². The maximum absolute atomic E-state index is 6.06. The molecule has 1 atom stereocenters. The number of benzene rings is 1. The largest absolute Gasteiger partial charge is 0.482 e. The molecule has 0 fully saturated rings. The fourth-order valence-electron chi connectivity index (χ4n) is 2.26. The van der Waals surface area contributed by atoms with Crippen molar-refractivity contribution in [3.8, 4) is 16.9 Å². The van der Waals surface area contributed by atoms with Crippen molar-refractivity contribution < 1.29 is 4.74 Å². The van der Waals surface area contributed by atoms with Gasteiger partial charge >= 0.3 is 0 Å². The first kappa shape index (κ1) is 12.7. The molecule has 1 unspecified atom stereocenters. The highest BCUT2D eigenvalue weighted by Gasteiger charge is 2.17. The second-order valence-electron chi connectivity index (χ2n) is 4.69. The van der Waals surface area contributed by atoms with Crippen LogP contribution in [0.2, 0.25) is 0 Å². The molecule has 0 saturated carbocycles. The Hall–Kier alpha value is -2.36. The number of nitrogens with one attached hydrogen (secondary N) is 1. The summed E-state index contributed by atoms with van der Waals surface area (Å²) in [6.07, 6.45) is 3.54. The Labute approximate surface area is 118 Å². The molecule has 1 aliphatic heterocycles. The van der Waals surface area contributed by atoms with Gasteiger partial charge in [-0.05, 0) is 19.1 Å². The summed E-state index contributed by atoms with van der Waals surface area (Å²) in [5, 5.41) is 3.25. The second kappa shape index (κ2) is 5.74. The lowest BCUT2D eigenvalue weighted by atomic mass is 10.1. The van der Waals surface area contributed by atoms with Gasteiger partial charge in [-0.1, -0.05) is 24.3 Å². The standard InChI is InChI=1S/C16H17N3O/c1-12(16-18-9-10-19-16)20-15-7-3-2-6-14(15)13-5-4-8-17-11-13/h2-8,11-12H,9-10H2,1H3,(H,18,19). The summed E-state index contributed by atoms with van der Waals surface area (Å²) in [6.45, 7) is 3.73.